The van der Waals surface area contributed by atoms with Gasteiger partial charge < -0.3 is 15.4 Å². The maximum atomic E-state index is 12.1. The number of nitrogens with one attached hydrogen (secondary N) is 2. The summed E-state index contributed by atoms with van der Waals surface area (Å²) in [5.74, 6) is 0.937. The summed E-state index contributed by atoms with van der Waals surface area (Å²) in [7, 11) is 1.80. The minimum atomic E-state index is 0.0170. The molecular weight excluding hydrogens is 290 g/mol. The highest BCUT2D eigenvalue weighted by Crippen LogP contribution is 2.22. The van der Waals surface area contributed by atoms with Crippen molar-refractivity contribution in [1.82, 2.24) is 15.5 Å². The van der Waals surface area contributed by atoms with Crippen LogP contribution in [0, 0.1) is 5.92 Å². The van der Waals surface area contributed by atoms with Crippen molar-refractivity contribution >= 4 is 5.91 Å². The Balaban J connectivity index is 1.65. The molecule has 0 radical (unpaired) electrons. The van der Waals surface area contributed by atoms with Gasteiger partial charge in [-0.2, -0.15) is 0 Å². The van der Waals surface area contributed by atoms with Gasteiger partial charge >= 0.3 is 0 Å². The first kappa shape index (κ1) is 18.7. The predicted octanol–water partition coefficient (Wildman–Crippen LogP) is 1.77. The third-order valence-electron chi connectivity index (χ3n) is 5.59. The summed E-state index contributed by atoms with van der Waals surface area (Å²) >= 11 is 0. The van der Waals surface area contributed by atoms with E-state index >= 15 is 0 Å². The summed E-state index contributed by atoms with van der Waals surface area (Å²) in [5.41, 5.74) is 0.0170. The number of rotatable bonds is 7. The Morgan fingerprint density at radius 3 is 2.48 bits per heavy atom. The first-order chi connectivity index (χ1) is 11.0. The number of ether oxygens (including phenoxy) is 1. The number of methoxy groups -OCH3 is 1. The molecule has 1 amide bonds. The van der Waals surface area contributed by atoms with E-state index in [0.29, 0.717) is 12.5 Å². The zero-order valence-electron chi connectivity index (χ0n) is 15.2. The molecule has 0 saturated carbocycles. The quantitative estimate of drug-likeness (QED) is 0.749. The molecule has 2 N–H and O–H groups in total. The van der Waals surface area contributed by atoms with Crippen LogP contribution in [0.3, 0.4) is 0 Å². The lowest BCUT2D eigenvalue weighted by molar-refractivity contribution is -0.122. The second kappa shape index (κ2) is 9.00. The van der Waals surface area contributed by atoms with Gasteiger partial charge in [0.25, 0.3) is 0 Å². The molecule has 2 aliphatic heterocycles. The van der Waals surface area contributed by atoms with Crippen LogP contribution in [0.4, 0.5) is 0 Å². The molecule has 0 aromatic rings. The fourth-order valence-corrected chi connectivity index (χ4v) is 3.72. The van der Waals surface area contributed by atoms with Crippen LogP contribution in [0.25, 0.3) is 0 Å². The highest BCUT2D eigenvalue weighted by atomic mass is 16.5. The van der Waals surface area contributed by atoms with Crippen molar-refractivity contribution in [2.45, 2.75) is 64.0 Å². The van der Waals surface area contributed by atoms with Crippen molar-refractivity contribution in [2.75, 3.05) is 39.8 Å². The van der Waals surface area contributed by atoms with Crippen LogP contribution in [0.1, 0.15) is 52.4 Å². The van der Waals surface area contributed by atoms with E-state index in [2.05, 4.69) is 29.4 Å². The second-order valence-electron chi connectivity index (χ2n) is 7.74. The van der Waals surface area contributed by atoms with Crippen LogP contribution < -0.4 is 10.6 Å². The molecule has 134 valence electrons. The summed E-state index contributed by atoms with van der Waals surface area (Å²) in [6.45, 7) is 9.51. The number of hydrogen-bond acceptors (Lipinski definition) is 4. The zero-order chi connectivity index (χ0) is 16.7. The van der Waals surface area contributed by atoms with Gasteiger partial charge in [0, 0.05) is 38.7 Å². The highest BCUT2D eigenvalue weighted by Gasteiger charge is 2.31. The SMILES string of the molecule is COC1CCN(C(C)(C)CNC(=O)CCC2CCNCC2)CC1. The van der Waals surface area contributed by atoms with Crippen molar-refractivity contribution in [3.63, 3.8) is 0 Å². The van der Waals surface area contributed by atoms with Crippen molar-refractivity contribution in [2.24, 2.45) is 5.92 Å². The van der Waals surface area contributed by atoms with E-state index in [1.54, 1.807) is 7.11 Å². The Morgan fingerprint density at radius 1 is 1.22 bits per heavy atom. The Labute approximate surface area is 141 Å². The van der Waals surface area contributed by atoms with Gasteiger partial charge in [-0.25, -0.2) is 0 Å². The maximum absolute atomic E-state index is 12.1. The first-order valence-electron chi connectivity index (χ1n) is 9.26. The Hall–Kier alpha value is -0.650. The number of amides is 1. The van der Waals surface area contributed by atoms with Gasteiger partial charge in [-0.05, 0) is 65.0 Å². The lowest BCUT2D eigenvalue weighted by atomic mass is 9.93. The van der Waals surface area contributed by atoms with Gasteiger partial charge in [-0.15, -0.1) is 0 Å². The molecule has 2 heterocycles. The van der Waals surface area contributed by atoms with Crippen molar-refractivity contribution in [1.29, 1.82) is 0 Å². The standard InChI is InChI=1S/C18H35N3O2/c1-18(2,21-12-8-16(23-3)9-13-21)14-20-17(22)5-4-15-6-10-19-11-7-15/h15-16,19H,4-14H2,1-3H3,(H,20,22). The number of likely N-dealkylation sites (tertiary alicyclic amines) is 1. The molecule has 2 saturated heterocycles. The Morgan fingerprint density at radius 2 is 1.87 bits per heavy atom. The van der Waals surface area contributed by atoms with Gasteiger partial charge in [-0.1, -0.05) is 0 Å². The minimum Gasteiger partial charge on any atom is -0.381 e. The van der Waals surface area contributed by atoms with Crippen LogP contribution in [-0.2, 0) is 9.53 Å². The van der Waals surface area contributed by atoms with E-state index in [-0.39, 0.29) is 11.4 Å². The number of nitrogens with zero attached hydrogens (tertiary/aromatic N) is 1. The van der Waals surface area contributed by atoms with Crippen molar-refractivity contribution in [3.8, 4) is 0 Å². The number of piperidine rings is 2. The molecule has 23 heavy (non-hydrogen) atoms. The molecule has 0 spiro atoms. The Bertz CT molecular complexity index is 359. The van der Waals surface area contributed by atoms with Gasteiger partial charge in [0.05, 0.1) is 6.10 Å². The van der Waals surface area contributed by atoms with Crippen LogP contribution >= 0.6 is 0 Å². The third-order valence-corrected chi connectivity index (χ3v) is 5.59. The van der Waals surface area contributed by atoms with Crippen LogP contribution in [0.15, 0.2) is 0 Å². The van der Waals surface area contributed by atoms with E-state index in [4.69, 9.17) is 4.74 Å². The fourth-order valence-electron chi connectivity index (χ4n) is 3.72. The summed E-state index contributed by atoms with van der Waals surface area (Å²) in [4.78, 5) is 14.6. The molecule has 5 heteroatoms. The van der Waals surface area contributed by atoms with Gasteiger partial charge in [0.15, 0.2) is 0 Å². The fraction of sp³-hybridized carbons (Fsp3) is 0.944. The minimum absolute atomic E-state index is 0.0170. The van der Waals surface area contributed by atoms with Crippen LogP contribution in [-0.4, -0.2) is 62.3 Å². The largest absolute Gasteiger partial charge is 0.381 e. The summed E-state index contributed by atoms with van der Waals surface area (Å²) < 4.78 is 5.44. The topological polar surface area (TPSA) is 53.6 Å². The van der Waals surface area contributed by atoms with E-state index in [1.165, 1.54) is 12.8 Å². The molecule has 2 aliphatic rings. The van der Waals surface area contributed by atoms with E-state index in [0.717, 1.165) is 57.9 Å². The summed E-state index contributed by atoms with van der Waals surface area (Å²) in [6.07, 6.45) is 6.72. The number of hydrogen-bond donors (Lipinski definition) is 2. The lowest BCUT2D eigenvalue weighted by Gasteiger charge is -2.42. The number of carbonyl (C=O) groups excluding carboxylic acids is 1. The molecular formula is C18H35N3O2. The van der Waals surface area contributed by atoms with Gasteiger partial charge in [0.2, 0.25) is 5.91 Å². The second-order valence-corrected chi connectivity index (χ2v) is 7.74. The monoisotopic (exact) mass is 325 g/mol. The Kier molecular flexibility index (Phi) is 7.31. The number of carbonyl (C=O) groups is 1. The zero-order valence-corrected chi connectivity index (χ0v) is 15.2. The van der Waals surface area contributed by atoms with E-state index in [1.807, 2.05) is 0 Å². The third kappa shape index (κ3) is 6.05. The van der Waals surface area contributed by atoms with Gasteiger partial charge in [0.1, 0.15) is 0 Å². The lowest BCUT2D eigenvalue weighted by Crippen LogP contribution is -2.54. The smallest absolute Gasteiger partial charge is 0.220 e. The molecule has 0 aliphatic carbocycles. The maximum Gasteiger partial charge on any atom is 0.220 e. The molecule has 0 atom stereocenters. The summed E-state index contributed by atoms with van der Waals surface area (Å²) in [6, 6.07) is 0. The summed E-state index contributed by atoms with van der Waals surface area (Å²) in [5, 5.41) is 6.53. The van der Waals surface area contributed by atoms with Crippen LogP contribution in [0.2, 0.25) is 0 Å². The van der Waals surface area contributed by atoms with Gasteiger partial charge in [-0.3, -0.25) is 9.69 Å². The highest BCUT2D eigenvalue weighted by molar-refractivity contribution is 5.75. The molecule has 0 aromatic heterocycles. The van der Waals surface area contributed by atoms with Crippen molar-refractivity contribution < 1.29 is 9.53 Å². The van der Waals surface area contributed by atoms with Crippen molar-refractivity contribution in [3.05, 3.63) is 0 Å². The predicted molar refractivity (Wildman–Crippen MR) is 93.5 cm³/mol. The first-order valence-corrected chi connectivity index (χ1v) is 9.26. The molecule has 2 fully saturated rings. The molecule has 0 aromatic carbocycles. The normalized spacial score (nSPS) is 22.2. The van der Waals surface area contributed by atoms with E-state index < -0.39 is 0 Å². The average Bonchev–Trinajstić information content (AvgIpc) is 2.59. The molecule has 0 unspecified atom stereocenters. The average molecular weight is 325 g/mol. The molecule has 0 bridgehead atoms. The van der Waals surface area contributed by atoms with E-state index in [9.17, 15) is 4.79 Å². The molecule has 5 nitrogen and oxygen atoms in total. The molecule has 2 rings (SSSR count). The van der Waals surface area contributed by atoms with Crippen LogP contribution in [0.5, 0.6) is 0 Å².